The van der Waals surface area contributed by atoms with Gasteiger partial charge in [0.25, 0.3) is 11.8 Å². The van der Waals surface area contributed by atoms with Crippen LogP contribution >= 0.6 is 0 Å². The first kappa shape index (κ1) is 32.2. The van der Waals surface area contributed by atoms with Gasteiger partial charge in [0.05, 0.1) is 35.0 Å². The summed E-state index contributed by atoms with van der Waals surface area (Å²) in [6.45, 7) is 4.44. The molecule has 51 heavy (non-hydrogen) atoms. The smallest absolute Gasteiger partial charge is 0.264 e. The minimum atomic E-state index is -0.292. The molecule has 8 rings (SSSR count). The molecule has 0 unspecified atom stereocenters. The number of aryl methyl sites for hydroxylation is 1. The summed E-state index contributed by atoms with van der Waals surface area (Å²) in [7, 11) is 3.66. The number of phenols is 1. The molecule has 0 aliphatic carbocycles. The molecule has 12 nitrogen and oxygen atoms in total. The topological polar surface area (TPSA) is 129 Å². The van der Waals surface area contributed by atoms with Gasteiger partial charge >= 0.3 is 0 Å². The fraction of sp³-hybridized carbons (Fsp3) is 0.282. The first-order valence-electron chi connectivity index (χ1n) is 16.9. The lowest BCUT2D eigenvalue weighted by molar-refractivity contribution is 0.0468. The van der Waals surface area contributed by atoms with Crippen molar-refractivity contribution < 1.29 is 24.2 Å². The molecule has 5 heterocycles. The van der Waals surface area contributed by atoms with Crippen LogP contribution in [0.4, 0.5) is 11.4 Å². The maximum absolute atomic E-state index is 14.9. The van der Waals surface area contributed by atoms with Crippen molar-refractivity contribution in [3.8, 4) is 34.6 Å². The van der Waals surface area contributed by atoms with Gasteiger partial charge in [-0.25, -0.2) is 0 Å². The Kier molecular flexibility index (Phi) is 8.00. The number of hydrogen-bond donors (Lipinski definition) is 1. The second-order valence-corrected chi connectivity index (χ2v) is 13.5. The zero-order valence-electron chi connectivity index (χ0n) is 28.6. The Morgan fingerprint density at radius 2 is 1.71 bits per heavy atom. The summed E-state index contributed by atoms with van der Waals surface area (Å²) in [5.41, 5.74) is 6.34. The van der Waals surface area contributed by atoms with Crippen LogP contribution in [0.15, 0.2) is 79.1 Å². The van der Waals surface area contributed by atoms with E-state index in [0.717, 1.165) is 5.56 Å². The summed E-state index contributed by atoms with van der Waals surface area (Å²) < 4.78 is 15.1. The molecule has 3 aromatic carbocycles. The fourth-order valence-corrected chi connectivity index (χ4v) is 7.38. The molecule has 0 radical (unpaired) electrons. The van der Waals surface area contributed by atoms with Gasteiger partial charge in [-0.3, -0.25) is 24.1 Å². The van der Waals surface area contributed by atoms with Crippen LogP contribution in [0, 0.1) is 24.2 Å². The van der Waals surface area contributed by atoms with Crippen LogP contribution in [0.25, 0.3) is 11.3 Å². The standard InChI is InChI=1S/C39H37N7O5/c1-24-32(39(49)46(30-17-41-42(2)21-30)28-8-10-31(47)11-9-28)13-35(43(24)3)33-14-36-37(51-23-50-36)15-34(33)38(48)45-20-27-7-5-4-6-26(27)12-29(45)22-44-18-25(16-40)19-44/h4-11,13-15,17,21,25,29,47H,12,18-20,22-23H2,1-3H3/t29-/m0/s1. The van der Waals surface area contributed by atoms with E-state index in [0.29, 0.717) is 83.6 Å². The van der Waals surface area contributed by atoms with Gasteiger partial charge < -0.3 is 24.0 Å². The number of nitriles is 1. The van der Waals surface area contributed by atoms with Crippen LogP contribution in [0.5, 0.6) is 17.2 Å². The Labute approximate surface area is 295 Å². The molecule has 3 aliphatic heterocycles. The third-order valence-corrected chi connectivity index (χ3v) is 10.3. The van der Waals surface area contributed by atoms with Gasteiger partial charge in [-0.15, -0.1) is 0 Å². The highest BCUT2D eigenvalue weighted by atomic mass is 16.7. The number of aromatic hydroxyl groups is 1. The number of carbonyl (C=O) groups is 2. The highest BCUT2D eigenvalue weighted by Gasteiger charge is 2.37. The van der Waals surface area contributed by atoms with Gasteiger partial charge in [0.2, 0.25) is 6.79 Å². The second kappa shape index (κ2) is 12.7. The number of hydrogen-bond acceptors (Lipinski definition) is 8. The average Bonchev–Trinajstić information content (AvgIpc) is 3.84. The number of benzene rings is 3. The van der Waals surface area contributed by atoms with E-state index in [1.807, 2.05) is 47.7 Å². The molecule has 1 fully saturated rings. The van der Waals surface area contributed by atoms with Crippen molar-refractivity contribution in [2.75, 3.05) is 31.3 Å². The lowest BCUT2D eigenvalue weighted by Crippen LogP contribution is -2.55. The van der Waals surface area contributed by atoms with E-state index in [1.54, 1.807) is 47.2 Å². The zero-order chi connectivity index (χ0) is 35.4. The van der Waals surface area contributed by atoms with Crippen LogP contribution in [0.1, 0.15) is 37.5 Å². The van der Waals surface area contributed by atoms with Crippen molar-refractivity contribution in [1.29, 1.82) is 5.26 Å². The summed E-state index contributed by atoms with van der Waals surface area (Å²) in [4.78, 5) is 35.2. The van der Waals surface area contributed by atoms with E-state index >= 15 is 0 Å². The van der Waals surface area contributed by atoms with Crippen LogP contribution in [-0.2, 0) is 27.1 Å². The number of fused-ring (bicyclic) bond motifs is 2. The van der Waals surface area contributed by atoms with Crippen LogP contribution < -0.4 is 14.4 Å². The normalized spacial score (nSPS) is 16.7. The number of likely N-dealkylation sites (tertiary alicyclic amines) is 1. The Bertz CT molecular complexity index is 2210. The van der Waals surface area contributed by atoms with Gasteiger partial charge in [-0.2, -0.15) is 10.4 Å². The van der Waals surface area contributed by atoms with E-state index in [-0.39, 0.29) is 36.3 Å². The van der Waals surface area contributed by atoms with E-state index < -0.39 is 0 Å². The van der Waals surface area contributed by atoms with E-state index in [2.05, 4.69) is 28.2 Å². The summed E-state index contributed by atoms with van der Waals surface area (Å²) in [6.07, 6.45) is 4.08. The minimum absolute atomic E-state index is 0.0195. The minimum Gasteiger partial charge on any atom is -0.508 e. The van der Waals surface area contributed by atoms with Crippen molar-refractivity contribution in [2.24, 2.45) is 20.0 Å². The number of phenolic OH excluding ortho intramolecular Hbond substituents is 1. The van der Waals surface area contributed by atoms with Crippen molar-refractivity contribution in [3.05, 3.63) is 107 Å². The molecule has 5 aromatic rings. The molecule has 258 valence electrons. The first-order valence-corrected chi connectivity index (χ1v) is 16.9. The van der Waals surface area contributed by atoms with Gasteiger partial charge in [-0.1, -0.05) is 24.3 Å². The molecule has 0 spiro atoms. The Morgan fingerprint density at radius 1 is 0.980 bits per heavy atom. The fourth-order valence-electron chi connectivity index (χ4n) is 7.38. The third-order valence-electron chi connectivity index (χ3n) is 10.3. The molecule has 1 saturated heterocycles. The van der Waals surface area contributed by atoms with Crippen molar-refractivity contribution in [3.63, 3.8) is 0 Å². The number of anilines is 2. The van der Waals surface area contributed by atoms with Gasteiger partial charge in [0, 0.05) is 75.2 Å². The molecule has 2 amide bonds. The number of rotatable bonds is 7. The van der Waals surface area contributed by atoms with Crippen LogP contribution in [-0.4, -0.2) is 73.5 Å². The van der Waals surface area contributed by atoms with Gasteiger partial charge in [0.15, 0.2) is 11.5 Å². The Hall–Kier alpha value is -6.06. The monoisotopic (exact) mass is 683 g/mol. The maximum Gasteiger partial charge on any atom is 0.264 e. The maximum atomic E-state index is 14.9. The molecule has 0 saturated carbocycles. The predicted molar refractivity (Wildman–Crippen MR) is 189 cm³/mol. The third kappa shape index (κ3) is 5.75. The summed E-state index contributed by atoms with van der Waals surface area (Å²) in [5, 5.41) is 23.6. The second-order valence-electron chi connectivity index (χ2n) is 13.5. The van der Waals surface area contributed by atoms with Crippen molar-refractivity contribution in [2.45, 2.75) is 25.9 Å². The molecule has 2 aromatic heterocycles. The molecular weight excluding hydrogens is 646 g/mol. The number of nitrogens with zero attached hydrogens (tertiary/aromatic N) is 7. The first-order chi connectivity index (χ1) is 24.7. The van der Waals surface area contributed by atoms with Crippen molar-refractivity contribution in [1.82, 2.24) is 24.1 Å². The summed E-state index contributed by atoms with van der Waals surface area (Å²) in [6, 6.07) is 22.3. The number of ether oxygens (including phenoxy) is 2. The van der Waals surface area contributed by atoms with Crippen molar-refractivity contribution >= 4 is 23.2 Å². The largest absolute Gasteiger partial charge is 0.508 e. The summed E-state index contributed by atoms with van der Waals surface area (Å²) in [5.74, 6) is 0.691. The Morgan fingerprint density at radius 3 is 2.41 bits per heavy atom. The molecule has 12 heteroatoms. The Balaban J connectivity index is 1.20. The molecule has 0 bridgehead atoms. The molecule has 1 atom stereocenters. The van der Waals surface area contributed by atoms with Crippen LogP contribution in [0.2, 0.25) is 0 Å². The van der Waals surface area contributed by atoms with E-state index in [4.69, 9.17) is 9.47 Å². The average molecular weight is 684 g/mol. The molecule has 1 N–H and O–H groups in total. The van der Waals surface area contributed by atoms with E-state index in [9.17, 15) is 20.0 Å². The highest BCUT2D eigenvalue weighted by Crippen LogP contribution is 2.42. The molecular formula is C39H37N7O5. The molecule has 3 aliphatic rings. The lowest BCUT2D eigenvalue weighted by Gasteiger charge is -2.43. The predicted octanol–water partition coefficient (Wildman–Crippen LogP) is 5.17. The lowest BCUT2D eigenvalue weighted by atomic mass is 9.91. The van der Waals surface area contributed by atoms with E-state index in [1.165, 1.54) is 17.7 Å². The SMILES string of the molecule is Cc1c(C(=O)N(c2ccc(O)cc2)c2cnn(C)c2)cc(-c2cc3c(cc2C(=O)N2Cc4ccccc4C[C@H]2CN2CC(C#N)C2)OCO3)n1C. The van der Waals surface area contributed by atoms with Crippen LogP contribution in [0.3, 0.4) is 0 Å². The quantitative estimate of drug-likeness (QED) is 0.249. The highest BCUT2D eigenvalue weighted by molar-refractivity contribution is 6.12. The zero-order valence-corrected chi connectivity index (χ0v) is 28.6. The summed E-state index contributed by atoms with van der Waals surface area (Å²) >= 11 is 0. The number of amides is 2. The van der Waals surface area contributed by atoms with Gasteiger partial charge in [0.1, 0.15) is 5.75 Å². The number of aromatic nitrogens is 3. The number of carbonyl (C=O) groups excluding carboxylic acids is 2. The van der Waals surface area contributed by atoms with Gasteiger partial charge in [-0.05, 0) is 66.9 Å².